The van der Waals surface area contributed by atoms with Gasteiger partial charge < -0.3 is 9.84 Å². The third-order valence-corrected chi connectivity index (χ3v) is 7.44. The van der Waals surface area contributed by atoms with Gasteiger partial charge in [0.1, 0.15) is 11.1 Å². The Kier molecular flexibility index (Phi) is 9.38. The fraction of sp³-hybridized carbons (Fsp3) is 0.167. The van der Waals surface area contributed by atoms with Crippen molar-refractivity contribution in [3.05, 3.63) is 152 Å². The summed E-state index contributed by atoms with van der Waals surface area (Å²) in [5.74, 6) is -0.0978. The molecule has 2 aromatic heterocycles. The van der Waals surface area contributed by atoms with Crippen LogP contribution in [0.5, 0.6) is 5.75 Å². The van der Waals surface area contributed by atoms with Crippen LogP contribution in [-0.2, 0) is 31.4 Å². The summed E-state index contributed by atoms with van der Waals surface area (Å²) in [5.41, 5.74) is 5.73. The number of carboxylic acids is 1. The van der Waals surface area contributed by atoms with E-state index in [0.717, 1.165) is 46.2 Å². The first kappa shape index (κ1) is 30.7. The molecule has 1 N–H and O–H groups in total. The maximum absolute atomic E-state index is 13.6. The Morgan fingerprint density at radius 2 is 1.29 bits per heavy atom. The van der Waals surface area contributed by atoms with Crippen LogP contribution in [-0.4, -0.2) is 37.1 Å². The SMILES string of the molecule is CC(=O)O.COc1ccc(Cn2c(=O)n(C)c(=O)c3c(Cc4ccccc4)n(Cc4ccc(-c5ccccc5)cc4)nc32)cc1. The smallest absolute Gasteiger partial charge is 0.332 e. The number of aliphatic carboxylic acids is 1. The number of nitrogens with zero attached hydrogens (tertiary/aromatic N) is 4. The lowest BCUT2D eigenvalue weighted by Crippen LogP contribution is -2.38. The molecule has 0 bridgehead atoms. The summed E-state index contributed by atoms with van der Waals surface area (Å²) in [4.78, 5) is 36.0. The molecule has 9 nitrogen and oxygen atoms in total. The third-order valence-electron chi connectivity index (χ3n) is 7.44. The molecular formula is C36H34N4O5. The number of aromatic nitrogens is 4. The number of fused-ring (bicyclic) bond motifs is 1. The van der Waals surface area contributed by atoms with Gasteiger partial charge in [0.2, 0.25) is 0 Å². The van der Waals surface area contributed by atoms with Gasteiger partial charge in [-0.3, -0.25) is 23.4 Å². The lowest BCUT2D eigenvalue weighted by atomic mass is 10.0. The lowest BCUT2D eigenvalue weighted by Gasteiger charge is -2.10. The molecule has 9 heteroatoms. The second-order valence-corrected chi connectivity index (χ2v) is 10.6. The van der Waals surface area contributed by atoms with Crippen LogP contribution in [0.1, 0.15) is 29.3 Å². The van der Waals surface area contributed by atoms with E-state index < -0.39 is 11.7 Å². The van der Waals surface area contributed by atoms with Crippen molar-refractivity contribution in [2.45, 2.75) is 26.4 Å². The summed E-state index contributed by atoms with van der Waals surface area (Å²) in [6.07, 6.45) is 0.509. The molecule has 0 unspecified atom stereocenters. The van der Waals surface area contributed by atoms with Crippen LogP contribution < -0.4 is 16.0 Å². The van der Waals surface area contributed by atoms with Crippen LogP contribution >= 0.6 is 0 Å². The van der Waals surface area contributed by atoms with Gasteiger partial charge in [0.25, 0.3) is 11.5 Å². The zero-order valence-electron chi connectivity index (χ0n) is 25.4. The fourth-order valence-corrected chi connectivity index (χ4v) is 5.18. The second-order valence-electron chi connectivity index (χ2n) is 10.6. The molecule has 0 saturated carbocycles. The van der Waals surface area contributed by atoms with Crippen LogP contribution in [0.15, 0.2) is 119 Å². The number of carboxylic acid groups (broad SMARTS) is 1. The van der Waals surface area contributed by atoms with Gasteiger partial charge in [-0.25, -0.2) is 4.79 Å². The Morgan fingerprint density at radius 3 is 1.89 bits per heavy atom. The van der Waals surface area contributed by atoms with Gasteiger partial charge >= 0.3 is 5.69 Å². The van der Waals surface area contributed by atoms with Crippen molar-refractivity contribution in [3.8, 4) is 16.9 Å². The molecule has 0 fully saturated rings. The van der Waals surface area contributed by atoms with Crippen molar-refractivity contribution in [2.24, 2.45) is 7.05 Å². The highest BCUT2D eigenvalue weighted by Gasteiger charge is 2.22. The Balaban J connectivity index is 0.000000945. The molecule has 0 atom stereocenters. The van der Waals surface area contributed by atoms with Crippen molar-refractivity contribution >= 4 is 17.0 Å². The Labute approximate surface area is 260 Å². The van der Waals surface area contributed by atoms with Gasteiger partial charge in [-0.05, 0) is 39.9 Å². The van der Waals surface area contributed by atoms with Crippen LogP contribution in [0.25, 0.3) is 22.2 Å². The minimum absolute atomic E-state index is 0.279. The Morgan fingerprint density at radius 1 is 0.756 bits per heavy atom. The molecule has 45 heavy (non-hydrogen) atoms. The summed E-state index contributed by atoms with van der Waals surface area (Å²) < 4.78 is 9.93. The summed E-state index contributed by atoms with van der Waals surface area (Å²) in [6.45, 7) is 1.83. The van der Waals surface area contributed by atoms with E-state index in [1.165, 1.54) is 11.6 Å². The highest BCUT2D eigenvalue weighted by atomic mass is 16.5. The normalized spacial score (nSPS) is 10.7. The van der Waals surface area contributed by atoms with Gasteiger partial charge in [-0.2, -0.15) is 5.10 Å². The van der Waals surface area contributed by atoms with Crippen molar-refractivity contribution in [1.29, 1.82) is 0 Å². The third kappa shape index (κ3) is 7.10. The standard InChI is InChI=1S/C34H30N4O3.C2H4O2/c1-36-33(39)31-30(21-24-9-5-3-6-10-24)38(23-26-13-17-28(18-14-26)27-11-7-4-8-12-27)35-32(31)37(34(36)40)22-25-15-19-29(41-2)20-16-25;1-2(3)4/h3-20H,21-23H2,1-2H3;1H3,(H,3,4). The maximum Gasteiger partial charge on any atom is 0.332 e. The maximum atomic E-state index is 13.6. The molecule has 0 spiro atoms. The van der Waals surface area contributed by atoms with E-state index in [9.17, 15) is 9.59 Å². The zero-order chi connectivity index (χ0) is 31.9. The predicted octanol–water partition coefficient (Wildman–Crippen LogP) is 5.35. The summed E-state index contributed by atoms with van der Waals surface area (Å²) in [6, 6.07) is 36.2. The van der Waals surface area contributed by atoms with E-state index in [1.807, 2.05) is 77.5 Å². The molecule has 0 radical (unpaired) electrons. The Hall–Kier alpha value is -5.70. The zero-order valence-corrected chi connectivity index (χ0v) is 25.4. The molecule has 4 aromatic carbocycles. The first-order chi connectivity index (χ1) is 21.7. The lowest BCUT2D eigenvalue weighted by molar-refractivity contribution is -0.134. The number of benzene rings is 4. The molecule has 228 valence electrons. The number of carbonyl (C=O) groups is 1. The first-order valence-electron chi connectivity index (χ1n) is 14.4. The molecular weight excluding hydrogens is 568 g/mol. The van der Waals surface area contributed by atoms with Gasteiger partial charge in [-0.15, -0.1) is 0 Å². The average molecular weight is 603 g/mol. The van der Waals surface area contributed by atoms with Gasteiger partial charge in [0.15, 0.2) is 5.65 Å². The summed E-state index contributed by atoms with van der Waals surface area (Å²) >= 11 is 0. The van der Waals surface area contributed by atoms with Crippen LogP contribution in [0.4, 0.5) is 0 Å². The molecule has 0 amide bonds. The van der Waals surface area contributed by atoms with E-state index in [4.69, 9.17) is 19.7 Å². The first-order valence-corrected chi connectivity index (χ1v) is 14.4. The topological polar surface area (TPSA) is 108 Å². The molecule has 0 aliphatic heterocycles. The predicted molar refractivity (Wildman–Crippen MR) is 175 cm³/mol. The number of ether oxygens (including phenoxy) is 1. The summed E-state index contributed by atoms with van der Waals surface area (Å²) in [5, 5.41) is 12.8. The van der Waals surface area contributed by atoms with Crippen molar-refractivity contribution < 1.29 is 14.6 Å². The molecule has 0 aliphatic rings. The molecule has 0 aliphatic carbocycles. The van der Waals surface area contributed by atoms with E-state index >= 15 is 0 Å². The van der Waals surface area contributed by atoms with Crippen LogP contribution in [0.3, 0.4) is 0 Å². The van der Waals surface area contributed by atoms with Crippen LogP contribution in [0.2, 0.25) is 0 Å². The largest absolute Gasteiger partial charge is 0.497 e. The van der Waals surface area contributed by atoms with Crippen molar-refractivity contribution in [2.75, 3.05) is 7.11 Å². The van der Waals surface area contributed by atoms with Gasteiger partial charge in [0, 0.05) is 20.4 Å². The van der Waals surface area contributed by atoms with Gasteiger partial charge in [0.05, 0.1) is 25.9 Å². The van der Waals surface area contributed by atoms with Crippen LogP contribution in [0, 0.1) is 0 Å². The number of methoxy groups -OCH3 is 1. The number of rotatable bonds is 8. The van der Waals surface area contributed by atoms with Crippen molar-refractivity contribution in [1.82, 2.24) is 18.9 Å². The van der Waals surface area contributed by atoms with E-state index in [-0.39, 0.29) is 12.1 Å². The number of hydrogen-bond donors (Lipinski definition) is 1. The molecule has 6 aromatic rings. The Bertz CT molecular complexity index is 2020. The quantitative estimate of drug-likeness (QED) is 0.252. The molecule has 6 rings (SSSR count). The minimum atomic E-state index is -0.833. The highest BCUT2D eigenvalue weighted by molar-refractivity contribution is 5.78. The van der Waals surface area contributed by atoms with E-state index in [2.05, 4.69) is 36.4 Å². The van der Waals surface area contributed by atoms with E-state index in [0.29, 0.717) is 24.0 Å². The van der Waals surface area contributed by atoms with E-state index in [1.54, 1.807) is 11.7 Å². The van der Waals surface area contributed by atoms with Crippen molar-refractivity contribution in [3.63, 3.8) is 0 Å². The number of hydrogen-bond acceptors (Lipinski definition) is 5. The highest BCUT2D eigenvalue weighted by Crippen LogP contribution is 2.23. The molecule has 2 heterocycles. The average Bonchev–Trinajstić information content (AvgIpc) is 3.40. The molecule has 0 saturated heterocycles. The monoisotopic (exact) mass is 602 g/mol. The second kappa shape index (κ2) is 13.7. The fourth-order valence-electron chi connectivity index (χ4n) is 5.18. The van der Waals surface area contributed by atoms with Gasteiger partial charge in [-0.1, -0.05) is 97.1 Å². The summed E-state index contributed by atoms with van der Waals surface area (Å²) in [7, 11) is 3.15. The minimum Gasteiger partial charge on any atom is -0.497 e.